The molecule has 2 aliphatic heterocycles. The van der Waals surface area contributed by atoms with Crippen LogP contribution in [0.1, 0.15) is 11.7 Å². The molecule has 1 aromatic heterocycles. The van der Waals surface area contributed by atoms with Crippen molar-refractivity contribution in [2.24, 2.45) is 0 Å². The number of phosphoric acid groups is 2. The van der Waals surface area contributed by atoms with Crippen LogP contribution in [0.25, 0.3) is 0 Å². The van der Waals surface area contributed by atoms with Gasteiger partial charge in [-0.25, -0.2) is 0 Å². The molecule has 2 aromatic rings. The molecule has 12 atom stereocenters. The van der Waals surface area contributed by atoms with Crippen molar-refractivity contribution in [2.45, 2.75) is 49.0 Å². The van der Waals surface area contributed by atoms with Gasteiger partial charge in [0.25, 0.3) is 0 Å². The fraction of sp³-hybridized carbons (Fsp3) is 0.524. The second kappa shape index (κ2) is 16.6. The number of rotatable bonds is 16. The van der Waals surface area contributed by atoms with E-state index < -0.39 is 104 Å². The van der Waals surface area contributed by atoms with Crippen LogP contribution in [0.3, 0.4) is 0 Å². The Kier molecular flexibility index (Phi) is 13.9. The number of aromatic amines is 2. The van der Waals surface area contributed by atoms with Crippen molar-refractivity contribution >= 4 is 48.8 Å². The fourth-order valence-electron chi connectivity index (χ4n) is 4.48. The third kappa shape index (κ3) is 11.3. The normalized spacial score (nSPS) is 30.4. The first-order valence-corrected chi connectivity index (χ1v) is 24.0. The molecule has 0 spiro atoms. The van der Waals surface area contributed by atoms with Crippen molar-refractivity contribution < 1.29 is 90.1 Å². The molecule has 0 amide bonds. The Bertz CT molecular complexity index is 1680. The van der Waals surface area contributed by atoms with E-state index in [-0.39, 0.29) is 11.3 Å². The van der Waals surface area contributed by atoms with Gasteiger partial charge in [-0.3, -0.25) is 0 Å². The molecular weight excluding hydrogens is 802 g/mol. The summed E-state index contributed by atoms with van der Waals surface area (Å²) in [7, 11) is -16.4. The number of H-pyrrole nitrogens is 2. The number of benzene rings is 1. The van der Waals surface area contributed by atoms with Crippen molar-refractivity contribution in [3.8, 4) is 11.5 Å². The molecule has 0 aliphatic carbocycles. The molecular formula is C21H36N2O21P6. The average Bonchev–Trinajstić information content (AvgIpc) is 3.42. The van der Waals surface area contributed by atoms with Crippen molar-refractivity contribution in [2.75, 3.05) is 20.3 Å². The number of nitrogens with one attached hydrogen (secondary N) is 2. The summed E-state index contributed by atoms with van der Waals surface area (Å²) in [6, 6.07) is 6.09. The number of aromatic nitrogens is 2. The summed E-state index contributed by atoms with van der Waals surface area (Å²) >= 11 is 0. The number of methoxy groups -OCH3 is 1. The maximum atomic E-state index is 12.6. The SMILES string of the molecule is COc1ccc(O[C@@H]2O[C@H](COP(=O)(O)O[PH](O)(P)O[PH](O)(P)OP(=O)(O)OC[C@H]3O[C@@H](c4c[nH]c(=O)[nH]c4=O)[C@H](O)[C@@H]3O)[C@@H](O)[C@H]2O)cc1. The standard InChI is InChI=1S/C21H36N2O21P6/c1-36-9-2-4-10(5-3-9)39-20-17(27)15(25)13(41-20)8-38-48(32,33)43-50(35,46)44-49(34,45)42-47(30,31)37-7-12-14(24)16(26)18(40-12)11-6-22-21(29)23-19(11)28/h2-6,12-18,20,24-27,34-35,49-50H,7-8,45-46H2,1H3,(H,30,31)(H,32,33)(H2,22,23,28,29)/t12-,13-,14-,15-,16-,17-,18+,20-/m1/s1. The van der Waals surface area contributed by atoms with Crippen molar-refractivity contribution in [3.63, 3.8) is 0 Å². The van der Waals surface area contributed by atoms with Gasteiger partial charge in [0.1, 0.15) is 0 Å². The van der Waals surface area contributed by atoms with Gasteiger partial charge in [0.15, 0.2) is 0 Å². The van der Waals surface area contributed by atoms with Crippen LogP contribution in [-0.4, -0.2) is 113 Å². The summed E-state index contributed by atoms with van der Waals surface area (Å²) in [5.41, 5.74) is -2.09. The van der Waals surface area contributed by atoms with Gasteiger partial charge in [0.2, 0.25) is 0 Å². The molecule has 50 heavy (non-hydrogen) atoms. The fourth-order valence-corrected chi connectivity index (χ4v) is 17.5. The van der Waals surface area contributed by atoms with Gasteiger partial charge >= 0.3 is 275 Å². The molecule has 2 fully saturated rings. The second-order valence-corrected chi connectivity index (χ2v) is 22.1. The number of hydrogen-bond donors (Lipinski definition) is 10. The Morgan fingerprint density at radius 1 is 0.820 bits per heavy atom. The molecule has 1 aromatic carbocycles. The van der Waals surface area contributed by atoms with E-state index in [0.717, 1.165) is 6.20 Å². The third-order valence-corrected chi connectivity index (χ3v) is 18.0. The van der Waals surface area contributed by atoms with E-state index in [1.807, 2.05) is 4.98 Å². The first-order valence-electron chi connectivity index (χ1n) is 13.9. The Balaban J connectivity index is 1.27. The first-order chi connectivity index (χ1) is 23.1. The van der Waals surface area contributed by atoms with Crippen LogP contribution in [0.5, 0.6) is 11.5 Å². The number of aliphatic hydroxyl groups excluding tert-OH is 4. The monoisotopic (exact) mass is 838 g/mol. The van der Waals surface area contributed by atoms with Crippen LogP contribution >= 0.6 is 48.8 Å². The molecule has 4 rings (SSSR count). The number of ether oxygens (including phenoxy) is 4. The Labute approximate surface area is 286 Å². The van der Waals surface area contributed by atoms with E-state index in [4.69, 9.17) is 32.3 Å². The minimum atomic E-state index is -5.36. The summed E-state index contributed by atoms with van der Waals surface area (Å²) in [6.07, 6.45) is -11.8. The quantitative estimate of drug-likeness (QED) is 0.0869. The molecule has 0 saturated carbocycles. The second-order valence-electron chi connectivity index (χ2n) is 10.5. The maximum absolute atomic E-state index is 12.6. The van der Waals surface area contributed by atoms with Gasteiger partial charge in [-0.05, 0) is 0 Å². The van der Waals surface area contributed by atoms with E-state index in [9.17, 15) is 58.7 Å². The van der Waals surface area contributed by atoms with Crippen LogP contribution in [-0.2, 0) is 40.6 Å². The molecule has 0 radical (unpaired) electrons. The van der Waals surface area contributed by atoms with Crippen LogP contribution < -0.4 is 20.7 Å². The molecule has 4 unspecified atom stereocenters. The van der Waals surface area contributed by atoms with Gasteiger partial charge in [0.05, 0.1) is 7.11 Å². The Hall–Kier alpha value is -0.920. The zero-order valence-corrected chi connectivity index (χ0v) is 31.5. The first kappa shape index (κ1) is 41.8. The number of hydrogen-bond acceptors (Lipinski definition) is 19. The van der Waals surface area contributed by atoms with Crippen LogP contribution in [0, 0.1) is 0 Å². The summed E-state index contributed by atoms with van der Waals surface area (Å²) in [6.45, 7) is -1.88. The summed E-state index contributed by atoms with van der Waals surface area (Å²) < 4.78 is 69.8. The predicted molar refractivity (Wildman–Crippen MR) is 177 cm³/mol. The van der Waals surface area contributed by atoms with Gasteiger partial charge in [-0.1, -0.05) is 0 Å². The van der Waals surface area contributed by atoms with Crippen LogP contribution in [0.2, 0.25) is 0 Å². The zero-order chi connectivity index (χ0) is 37.2. The molecule has 29 heteroatoms. The van der Waals surface area contributed by atoms with E-state index in [2.05, 4.69) is 13.6 Å². The van der Waals surface area contributed by atoms with E-state index in [1.165, 1.54) is 37.1 Å². The van der Waals surface area contributed by atoms with Crippen LogP contribution in [0.4, 0.5) is 0 Å². The summed E-state index contributed by atoms with van der Waals surface area (Å²) in [5, 5.41) is 41.2. The van der Waals surface area contributed by atoms with Crippen molar-refractivity contribution in [3.05, 3.63) is 56.9 Å². The summed E-state index contributed by atoms with van der Waals surface area (Å²) in [5.74, 6) is 0.740. The van der Waals surface area contributed by atoms with E-state index in [1.54, 1.807) is 12.1 Å². The number of aliphatic hydroxyl groups is 4. The molecule has 2 saturated heterocycles. The third-order valence-electron chi connectivity index (χ3n) is 6.74. The molecule has 0 bridgehead atoms. The zero-order valence-electron chi connectivity index (χ0n) is 25.4. The minimum absolute atomic E-state index is 0.224. The Morgan fingerprint density at radius 3 is 1.84 bits per heavy atom. The predicted octanol–water partition coefficient (Wildman–Crippen LogP) is -1.40. The van der Waals surface area contributed by atoms with Crippen LogP contribution in [0.15, 0.2) is 40.1 Å². The number of phosphoric ester groups is 2. The van der Waals surface area contributed by atoms with Gasteiger partial charge in [0, 0.05) is 0 Å². The van der Waals surface area contributed by atoms with Crippen molar-refractivity contribution in [1.29, 1.82) is 0 Å². The molecule has 10 N–H and O–H groups in total. The van der Waals surface area contributed by atoms with Crippen molar-refractivity contribution in [1.82, 2.24) is 9.97 Å². The topological polar surface area (TPSA) is 345 Å². The average molecular weight is 838 g/mol. The molecule has 3 heterocycles. The molecule has 2 aliphatic rings. The van der Waals surface area contributed by atoms with E-state index >= 15 is 0 Å². The molecule has 23 nitrogen and oxygen atoms in total. The summed E-state index contributed by atoms with van der Waals surface area (Å²) in [4.78, 5) is 68.6. The van der Waals surface area contributed by atoms with Gasteiger partial charge < -0.3 is 4.74 Å². The van der Waals surface area contributed by atoms with Gasteiger partial charge in [-0.15, -0.1) is 0 Å². The van der Waals surface area contributed by atoms with E-state index in [0.29, 0.717) is 5.75 Å². The Morgan fingerprint density at radius 2 is 1.32 bits per heavy atom. The molecule has 286 valence electrons. The van der Waals surface area contributed by atoms with Gasteiger partial charge in [-0.2, -0.15) is 0 Å².